The van der Waals surface area contributed by atoms with Gasteiger partial charge in [-0.25, -0.2) is 0 Å². The van der Waals surface area contributed by atoms with Crippen LogP contribution in [0.3, 0.4) is 0 Å². The molecule has 0 fully saturated rings. The number of amides is 1. The molecule has 0 aliphatic carbocycles. The Kier molecular flexibility index (Phi) is 6.33. The lowest BCUT2D eigenvalue weighted by Crippen LogP contribution is -2.23. The lowest BCUT2D eigenvalue weighted by atomic mass is 10.2. The van der Waals surface area contributed by atoms with Crippen molar-refractivity contribution in [3.63, 3.8) is 0 Å². The van der Waals surface area contributed by atoms with Crippen LogP contribution in [0.25, 0.3) is 0 Å². The molecule has 3 N–H and O–H groups in total. The van der Waals surface area contributed by atoms with Crippen LogP contribution in [0.2, 0.25) is 0 Å². The zero-order valence-corrected chi connectivity index (χ0v) is 17.2. The Balaban J connectivity index is 1.70. The molecule has 0 aliphatic heterocycles. The molecule has 1 aromatic heterocycles. The van der Waals surface area contributed by atoms with Crippen LogP contribution in [0.15, 0.2) is 48.5 Å². The first kappa shape index (κ1) is 19.9. The van der Waals surface area contributed by atoms with Crippen LogP contribution >= 0.6 is 23.6 Å². The number of rotatable bonds is 7. The normalized spacial score (nSPS) is 10.5. The van der Waals surface area contributed by atoms with Gasteiger partial charge < -0.3 is 25.1 Å². The third-order valence-corrected chi connectivity index (χ3v) is 5.72. The molecule has 28 heavy (non-hydrogen) atoms. The lowest BCUT2D eigenvalue weighted by Gasteiger charge is -2.08. The van der Waals surface area contributed by atoms with Crippen molar-refractivity contribution in [1.82, 2.24) is 9.88 Å². The Labute approximate surface area is 172 Å². The molecule has 3 aromatic rings. The minimum atomic E-state index is -0.238. The molecule has 3 rings (SSSR count). The summed E-state index contributed by atoms with van der Waals surface area (Å²) in [6, 6.07) is 15.2. The van der Waals surface area contributed by atoms with Crippen molar-refractivity contribution < 1.29 is 14.3 Å². The summed E-state index contributed by atoms with van der Waals surface area (Å²) in [6.45, 7) is 0.891. The van der Waals surface area contributed by atoms with Gasteiger partial charge in [0.2, 0.25) is 0 Å². The fourth-order valence-electron chi connectivity index (χ4n) is 2.65. The van der Waals surface area contributed by atoms with Crippen molar-refractivity contribution in [3.05, 3.63) is 68.5 Å². The van der Waals surface area contributed by atoms with Crippen LogP contribution in [0.4, 0.5) is 5.82 Å². The van der Waals surface area contributed by atoms with E-state index in [4.69, 9.17) is 27.4 Å². The molecule has 0 bridgehead atoms. The molecule has 0 unspecified atom stereocenters. The minimum absolute atomic E-state index is 0.238. The number of benzene rings is 2. The summed E-state index contributed by atoms with van der Waals surface area (Å²) in [7, 11) is 3.24. The molecule has 1 amide bonds. The number of hydrogen-bond donors (Lipinski definition) is 2. The highest BCUT2D eigenvalue weighted by atomic mass is 32.1. The summed E-state index contributed by atoms with van der Waals surface area (Å²) >= 11 is 6.63. The summed E-state index contributed by atoms with van der Waals surface area (Å²) < 4.78 is 12.6. The van der Waals surface area contributed by atoms with Gasteiger partial charge >= 0.3 is 0 Å². The van der Waals surface area contributed by atoms with E-state index in [1.807, 2.05) is 48.5 Å². The SMILES string of the molecule is COc1ccc(CNC(=O)c2sc(=S)n(Cc3ccc(OC)cc3)c2N)cc1. The van der Waals surface area contributed by atoms with Crippen LogP contribution in [-0.2, 0) is 13.1 Å². The number of carbonyl (C=O) groups is 1. The predicted molar refractivity (Wildman–Crippen MR) is 114 cm³/mol. The van der Waals surface area contributed by atoms with Crippen LogP contribution in [-0.4, -0.2) is 24.7 Å². The molecule has 6 nitrogen and oxygen atoms in total. The maximum Gasteiger partial charge on any atom is 0.265 e. The molecule has 0 saturated carbocycles. The van der Waals surface area contributed by atoms with E-state index < -0.39 is 0 Å². The van der Waals surface area contributed by atoms with Crippen LogP contribution < -0.4 is 20.5 Å². The number of anilines is 1. The quantitative estimate of drug-likeness (QED) is 0.573. The number of ether oxygens (including phenoxy) is 2. The third kappa shape index (κ3) is 4.52. The molecule has 0 atom stereocenters. The van der Waals surface area contributed by atoms with Gasteiger partial charge in [-0.3, -0.25) is 4.79 Å². The average molecular weight is 416 g/mol. The second-order valence-electron chi connectivity index (χ2n) is 6.05. The standard InChI is InChI=1S/C20H21N3O3S2/c1-25-15-7-3-13(4-8-15)11-22-19(24)17-18(21)23(20(27)28-17)12-14-5-9-16(26-2)10-6-14/h3-10H,11-12,21H2,1-2H3,(H,22,24). The fourth-order valence-corrected chi connectivity index (χ4v) is 3.89. The molecule has 0 spiro atoms. The van der Waals surface area contributed by atoms with E-state index in [1.165, 1.54) is 11.3 Å². The second kappa shape index (κ2) is 8.90. The third-order valence-electron chi connectivity index (χ3n) is 4.25. The van der Waals surface area contributed by atoms with E-state index in [-0.39, 0.29) is 5.91 Å². The highest BCUT2D eigenvalue weighted by molar-refractivity contribution is 7.73. The van der Waals surface area contributed by atoms with E-state index in [9.17, 15) is 4.79 Å². The Morgan fingerprint density at radius 2 is 1.57 bits per heavy atom. The number of aromatic nitrogens is 1. The average Bonchev–Trinajstić information content (AvgIpc) is 3.01. The van der Waals surface area contributed by atoms with Gasteiger partial charge in [0.15, 0.2) is 3.95 Å². The Morgan fingerprint density at radius 1 is 1.04 bits per heavy atom. The van der Waals surface area contributed by atoms with Crippen LogP contribution in [0, 0.1) is 3.95 Å². The molecule has 8 heteroatoms. The molecular weight excluding hydrogens is 394 g/mol. The largest absolute Gasteiger partial charge is 0.497 e. The smallest absolute Gasteiger partial charge is 0.265 e. The number of nitrogens with zero attached hydrogens (tertiary/aromatic N) is 1. The van der Waals surface area contributed by atoms with Crippen LogP contribution in [0.1, 0.15) is 20.8 Å². The molecule has 146 valence electrons. The van der Waals surface area contributed by atoms with Crippen molar-refractivity contribution in [3.8, 4) is 11.5 Å². The van der Waals surface area contributed by atoms with E-state index in [2.05, 4.69) is 5.32 Å². The van der Waals surface area contributed by atoms with Gasteiger partial charge in [-0.05, 0) is 47.6 Å². The molecule has 0 radical (unpaired) electrons. The minimum Gasteiger partial charge on any atom is -0.497 e. The van der Waals surface area contributed by atoms with Gasteiger partial charge in [-0.15, -0.1) is 0 Å². The number of thiazole rings is 1. The van der Waals surface area contributed by atoms with Gasteiger partial charge in [0.1, 0.15) is 22.2 Å². The van der Waals surface area contributed by atoms with Crippen LogP contribution in [0.5, 0.6) is 11.5 Å². The number of nitrogens with one attached hydrogen (secondary N) is 1. The van der Waals surface area contributed by atoms with Gasteiger partial charge in [-0.1, -0.05) is 35.6 Å². The monoisotopic (exact) mass is 415 g/mol. The van der Waals surface area contributed by atoms with Crippen molar-refractivity contribution in [2.45, 2.75) is 13.1 Å². The number of methoxy groups -OCH3 is 2. The van der Waals surface area contributed by atoms with Crippen molar-refractivity contribution in [2.24, 2.45) is 0 Å². The van der Waals surface area contributed by atoms with E-state index in [0.29, 0.717) is 27.7 Å². The fraction of sp³-hybridized carbons (Fsp3) is 0.200. The first-order chi connectivity index (χ1) is 13.5. The van der Waals surface area contributed by atoms with Crippen molar-refractivity contribution in [2.75, 3.05) is 20.0 Å². The van der Waals surface area contributed by atoms with Gasteiger partial charge in [0.25, 0.3) is 5.91 Å². The number of nitrogen functional groups attached to an aromatic ring is 1. The Bertz CT molecular complexity index is 1010. The van der Waals surface area contributed by atoms with Crippen molar-refractivity contribution in [1.29, 1.82) is 0 Å². The van der Waals surface area contributed by atoms with Gasteiger partial charge in [0, 0.05) is 6.54 Å². The topological polar surface area (TPSA) is 78.5 Å². The van der Waals surface area contributed by atoms with Crippen molar-refractivity contribution >= 4 is 35.3 Å². The van der Waals surface area contributed by atoms with E-state index in [1.54, 1.807) is 18.8 Å². The predicted octanol–water partition coefficient (Wildman–Crippen LogP) is 3.86. The van der Waals surface area contributed by atoms with E-state index in [0.717, 1.165) is 22.6 Å². The Hall–Kier alpha value is -2.84. The van der Waals surface area contributed by atoms with Gasteiger partial charge in [-0.2, -0.15) is 0 Å². The summed E-state index contributed by atoms with van der Waals surface area (Å²) in [5, 5.41) is 2.89. The molecule has 0 aliphatic rings. The molecule has 0 saturated heterocycles. The Morgan fingerprint density at radius 3 is 2.11 bits per heavy atom. The maximum absolute atomic E-state index is 12.6. The first-order valence-corrected chi connectivity index (χ1v) is 9.77. The molecule has 1 heterocycles. The van der Waals surface area contributed by atoms with E-state index >= 15 is 0 Å². The highest BCUT2D eigenvalue weighted by Gasteiger charge is 2.17. The summed E-state index contributed by atoms with van der Waals surface area (Å²) in [5.41, 5.74) is 8.21. The highest BCUT2D eigenvalue weighted by Crippen LogP contribution is 2.24. The zero-order chi connectivity index (χ0) is 20.1. The number of nitrogens with two attached hydrogens (primary N) is 1. The number of carbonyl (C=O) groups excluding carboxylic acids is 1. The molecular formula is C20H21N3O3S2. The first-order valence-electron chi connectivity index (χ1n) is 8.55. The zero-order valence-electron chi connectivity index (χ0n) is 15.6. The summed E-state index contributed by atoms with van der Waals surface area (Å²) in [5.74, 6) is 1.69. The number of hydrogen-bond acceptors (Lipinski definition) is 6. The molecule has 2 aromatic carbocycles. The maximum atomic E-state index is 12.6. The summed E-state index contributed by atoms with van der Waals surface area (Å²) in [6.07, 6.45) is 0. The van der Waals surface area contributed by atoms with Gasteiger partial charge in [0.05, 0.1) is 20.8 Å². The summed E-state index contributed by atoms with van der Waals surface area (Å²) in [4.78, 5) is 13.0. The second-order valence-corrected chi connectivity index (χ2v) is 7.69. The lowest BCUT2D eigenvalue weighted by molar-refractivity contribution is 0.0955.